The summed E-state index contributed by atoms with van der Waals surface area (Å²) >= 11 is 0. The van der Waals surface area contributed by atoms with E-state index < -0.39 is 0 Å². The summed E-state index contributed by atoms with van der Waals surface area (Å²) in [5.74, 6) is 0.0490. The Morgan fingerprint density at radius 1 is 1.00 bits per heavy atom. The maximum Gasteiger partial charge on any atom is 0.258 e. The van der Waals surface area contributed by atoms with Gasteiger partial charge in [0.25, 0.3) is 5.91 Å². The molecule has 0 atom stereocenters. The molecule has 1 aliphatic heterocycles. The molecule has 0 saturated carbocycles. The first-order valence-corrected chi connectivity index (χ1v) is 6.94. The summed E-state index contributed by atoms with van der Waals surface area (Å²) in [6, 6.07) is 16.1. The number of anilines is 2. The lowest BCUT2D eigenvalue weighted by Gasteiger charge is -2.12. The van der Waals surface area contributed by atoms with E-state index in [2.05, 4.69) is 17.0 Å². The van der Waals surface area contributed by atoms with Gasteiger partial charge >= 0.3 is 0 Å². The zero-order valence-electron chi connectivity index (χ0n) is 12.5. The van der Waals surface area contributed by atoms with Crippen LogP contribution in [0.1, 0.15) is 11.1 Å². The van der Waals surface area contributed by atoms with E-state index in [-0.39, 0.29) is 5.91 Å². The molecule has 0 unspecified atom stereocenters. The Morgan fingerprint density at radius 3 is 2.33 bits per heavy atom. The number of amides is 1. The number of carbonyl (C=O) groups excluding carboxylic acids is 1. The van der Waals surface area contributed by atoms with Crippen molar-refractivity contribution in [3.8, 4) is 0 Å². The zero-order valence-corrected chi connectivity index (χ0v) is 12.5. The number of fused-ring (bicyclic) bond motifs is 1. The molecular weight excluding hydrogens is 260 g/mol. The van der Waals surface area contributed by atoms with Gasteiger partial charge in [-0.2, -0.15) is 0 Å². The molecule has 0 spiro atoms. The fourth-order valence-electron chi connectivity index (χ4n) is 2.57. The third-order valence-corrected chi connectivity index (χ3v) is 3.81. The maximum absolute atomic E-state index is 12.4. The second kappa shape index (κ2) is 5.09. The number of hydrogen-bond acceptors (Lipinski definition) is 2. The van der Waals surface area contributed by atoms with Gasteiger partial charge in [0, 0.05) is 38.0 Å². The Kier molecular flexibility index (Phi) is 3.26. The molecule has 1 amide bonds. The van der Waals surface area contributed by atoms with Gasteiger partial charge in [-0.25, -0.2) is 0 Å². The van der Waals surface area contributed by atoms with Crippen molar-refractivity contribution < 1.29 is 4.79 Å². The normalized spacial score (nSPS) is 15.5. The van der Waals surface area contributed by atoms with E-state index in [1.165, 1.54) is 0 Å². The van der Waals surface area contributed by atoms with Crippen LogP contribution in [0.15, 0.2) is 48.5 Å². The molecule has 1 heterocycles. The van der Waals surface area contributed by atoms with Gasteiger partial charge in [-0.05, 0) is 29.8 Å². The highest BCUT2D eigenvalue weighted by molar-refractivity contribution is 6.35. The van der Waals surface area contributed by atoms with Crippen LogP contribution in [0.3, 0.4) is 0 Å². The van der Waals surface area contributed by atoms with Crippen LogP contribution in [0.2, 0.25) is 0 Å². The second-order valence-electron chi connectivity index (χ2n) is 5.43. The van der Waals surface area contributed by atoms with Crippen molar-refractivity contribution in [1.82, 2.24) is 0 Å². The van der Waals surface area contributed by atoms with Crippen molar-refractivity contribution in [3.63, 3.8) is 0 Å². The summed E-state index contributed by atoms with van der Waals surface area (Å²) in [4.78, 5) is 16.2. The standard InChI is InChI=1S/C18H18N2O/c1-19(2)14-10-8-13(9-11-14)12-16-15-6-4-5-7-17(15)20(3)18(16)21/h4-12H,1-3H3/b16-12+. The molecule has 0 N–H and O–H groups in total. The SMILES string of the molecule is CN(C)c1ccc(/C=C2/C(=O)N(C)c3ccccc32)cc1. The quantitative estimate of drug-likeness (QED) is 0.787. The third-order valence-electron chi connectivity index (χ3n) is 3.81. The van der Waals surface area contributed by atoms with Crippen LogP contribution in [0.4, 0.5) is 11.4 Å². The minimum atomic E-state index is 0.0490. The van der Waals surface area contributed by atoms with Crippen LogP contribution >= 0.6 is 0 Å². The molecule has 0 saturated heterocycles. The molecule has 0 aromatic heterocycles. The number of nitrogens with zero attached hydrogens (tertiary/aromatic N) is 2. The number of hydrogen-bond donors (Lipinski definition) is 0. The minimum absolute atomic E-state index is 0.0490. The van der Waals surface area contributed by atoms with Gasteiger partial charge in [0.15, 0.2) is 0 Å². The number of benzene rings is 2. The van der Waals surface area contributed by atoms with Gasteiger partial charge in [0.1, 0.15) is 0 Å². The molecule has 21 heavy (non-hydrogen) atoms. The molecule has 3 nitrogen and oxygen atoms in total. The van der Waals surface area contributed by atoms with Gasteiger partial charge in [-0.3, -0.25) is 4.79 Å². The first-order valence-electron chi connectivity index (χ1n) is 6.94. The lowest BCUT2D eigenvalue weighted by atomic mass is 10.0. The number of likely N-dealkylation sites (N-methyl/N-ethyl adjacent to an activating group) is 1. The molecule has 0 bridgehead atoms. The molecule has 0 fully saturated rings. The van der Waals surface area contributed by atoms with Crippen molar-refractivity contribution in [2.75, 3.05) is 30.9 Å². The van der Waals surface area contributed by atoms with Crippen LogP contribution in [0.25, 0.3) is 11.6 Å². The smallest absolute Gasteiger partial charge is 0.258 e. The lowest BCUT2D eigenvalue weighted by Crippen LogP contribution is -2.20. The molecule has 0 aliphatic carbocycles. The van der Waals surface area contributed by atoms with E-state index in [0.29, 0.717) is 0 Å². The monoisotopic (exact) mass is 278 g/mol. The Bertz CT molecular complexity index is 714. The van der Waals surface area contributed by atoms with E-state index >= 15 is 0 Å². The van der Waals surface area contributed by atoms with E-state index in [1.54, 1.807) is 4.90 Å². The molecular formula is C18H18N2O. The fraction of sp³-hybridized carbons (Fsp3) is 0.167. The first kappa shape index (κ1) is 13.4. The van der Waals surface area contributed by atoms with E-state index in [9.17, 15) is 4.79 Å². The van der Waals surface area contributed by atoms with Gasteiger partial charge in [0.05, 0.1) is 5.69 Å². The zero-order chi connectivity index (χ0) is 15.0. The lowest BCUT2D eigenvalue weighted by molar-refractivity contribution is -0.112. The average molecular weight is 278 g/mol. The van der Waals surface area contributed by atoms with Gasteiger partial charge < -0.3 is 9.80 Å². The summed E-state index contributed by atoms with van der Waals surface area (Å²) in [7, 11) is 5.84. The van der Waals surface area contributed by atoms with Crippen LogP contribution in [0, 0.1) is 0 Å². The Balaban J connectivity index is 2.02. The summed E-state index contributed by atoms with van der Waals surface area (Å²) < 4.78 is 0. The Labute approximate surface area is 125 Å². The van der Waals surface area contributed by atoms with Gasteiger partial charge in [0.2, 0.25) is 0 Å². The maximum atomic E-state index is 12.4. The fourth-order valence-corrected chi connectivity index (χ4v) is 2.57. The highest BCUT2D eigenvalue weighted by atomic mass is 16.2. The highest BCUT2D eigenvalue weighted by Crippen LogP contribution is 2.36. The largest absolute Gasteiger partial charge is 0.378 e. The van der Waals surface area contributed by atoms with Crippen molar-refractivity contribution in [2.24, 2.45) is 0 Å². The first-order chi connectivity index (χ1) is 10.1. The number of para-hydroxylation sites is 1. The molecule has 3 heteroatoms. The summed E-state index contributed by atoms with van der Waals surface area (Å²) in [5, 5.41) is 0. The third kappa shape index (κ3) is 2.31. The second-order valence-corrected chi connectivity index (χ2v) is 5.43. The number of rotatable bonds is 2. The minimum Gasteiger partial charge on any atom is -0.378 e. The van der Waals surface area contributed by atoms with E-state index in [0.717, 1.165) is 28.1 Å². The van der Waals surface area contributed by atoms with Crippen molar-refractivity contribution in [2.45, 2.75) is 0 Å². The van der Waals surface area contributed by atoms with E-state index in [4.69, 9.17) is 0 Å². The molecule has 1 aliphatic rings. The molecule has 3 rings (SSSR count). The van der Waals surface area contributed by atoms with Crippen molar-refractivity contribution >= 4 is 28.9 Å². The van der Waals surface area contributed by atoms with E-state index in [1.807, 2.05) is 63.6 Å². The van der Waals surface area contributed by atoms with Gasteiger partial charge in [-0.15, -0.1) is 0 Å². The molecule has 0 radical (unpaired) electrons. The topological polar surface area (TPSA) is 23.6 Å². The van der Waals surface area contributed by atoms with Crippen LogP contribution < -0.4 is 9.80 Å². The summed E-state index contributed by atoms with van der Waals surface area (Å²) in [5.41, 5.74) is 4.91. The van der Waals surface area contributed by atoms with Crippen LogP contribution in [-0.4, -0.2) is 27.1 Å². The molecule has 2 aromatic rings. The van der Waals surface area contributed by atoms with Crippen molar-refractivity contribution in [3.05, 3.63) is 59.7 Å². The Hall–Kier alpha value is -2.55. The predicted octanol–water partition coefficient (Wildman–Crippen LogP) is 3.27. The van der Waals surface area contributed by atoms with Gasteiger partial charge in [-0.1, -0.05) is 30.3 Å². The highest BCUT2D eigenvalue weighted by Gasteiger charge is 2.28. The predicted molar refractivity (Wildman–Crippen MR) is 88.5 cm³/mol. The van der Waals surface area contributed by atoms with Crippen LogP contribution in [0.5, 0.6) is 0 Å². The molecule has 106 valence electrons. The Morgan fingerprint density at radius 2 is 1.67 bits per heavy atom. The summed E-state index contributed by atoms with van der Waals surface area (Å²) in [6.07, 6.45) is 1.96. The van der Waals surface area contributed by atoms with Crippen molar-refractivity contribution in [1.29, 1.82) is 0 Å². The average Bonchev–Trinajstić information content (AvgIpc) is 2.73. The molecule has 2 aromatic carbocycles. The number of carbonyl (C=O) groups is 1. The van der Waals surface area contributed by atoms with Crippen LogP contribution in [-0.2, 0) is 4.79 Å². The summed E-state index contributed by atoms with van der Waals surface area (Å²) in [6.45, 7) is 0.